The third-order valence-electron chi connectivity index (χ3n) is 5.72. The number of amides is 2. The number of hydrogen-bond acceptors (Lipinski definition) is 4. The lowest BCUT2D eigenvalue weighted by Gasteiger charge is -2.37. The molecule has 0 saturated carbocycles. The molecule has 6 nitrogen and oxygen atoms in total. The van der Waals surface area contributed by atoms with Gasteiger partial charge in [0.1, 0.15) is 6.04 Å². The fraction of sp³-hybridized carbons (Fsp3) is 0.391. The maximum Gasteiger partial charge on any atom is 0.244 e. The minimum Gasteiger partial charge on any atom is -0.374 e. The molecule has 1 N–H and O–H groups in total. The number of rotatable bonds is 5. The second-order valence-corrected chi connectivity index (χ2v) is 7.71. The second kappa shape index (κ2) is 8.55. The van der Waals surface area contributed by atoms with Gasteiger partial charge in [-0.05, 0) is 49.7 Å². The standard InChI is InChI=1S/C23H28N4O2/c1-18(24-19-9-11-21(12-10-19)27-13-5-8-22(27)28)23(29)26-16-14-25(15-17-26)20-6-3-2-4-7-20/h2-4,6-7,9-12,18,24H,5,8,13-17H2,1H3. The highest BCUT2D eigenvalue weighted by Crippen LogP contribution is 2.23. The van der Waals surface area contributed by atoms with Gasteiger partial charge in [-0.25, -0.2) is 0 Å². The number of piperazine rings is 1. The average Bonchev–Trinajstić information content (AvgIpc) is 3.20. The van der Waals surface area contributed by atoms with E-state index in [0.29, 0.717) is 6.42 Å². The van der Waals surface area contributed by atoms with E-state index in [0.717, 1.165) is 50.5 Å². The summed E-state index contributed by atoms with van der Waals surface area (Å²) in [6, 6.07) is 17.8. The molecule has 2 saturated heterocycles. The lowest BCUT2D eigenvalue weighted by atomic mass is 10.2. The van der Waals surface area contributed by atoms with E-state index < -0.39 is 0 Å². The quantitative estimate of drug-likeness (QED) is 0.850. The van der Waals surface area contributed by atoms with Gasteiger partial charge in [0.05, 0.1) is 0 Å². The van der Waals surface area contributed by atoms with Crippen LogP contribution in [0.3, 0.4) is 0 Å². The van der Waals surface area contributed by atoms with Crippen LogP contribution in [-0.2, 0) is 9.59 Å². The van der Waals surface area contributed by atoms with E-state index in [1.54, 1.807) is 0 Å². The van der Waals surface area contributed by atoms with E-state index in [4.69, 9.17) is 0 Å². The molecule has 6 heteroatoms. The molecule has 1 unspecified atom stereocenters. The molecule has 2 heterocycles. The summed E-state index contributed by atoms with van der Waals surface area (Å²) in [5, 5.41) is 3.30. The summed E-state index contributed by atoms with van der Waals surface area (Å²) in [6.45, 7) is 5.85. The molecule has 0 bridgehead atoms. The highest BCUT2D eigenvalue weighted by atomic mass is 16.2. The highest BCUT2D eigenvalue weighted by molar-refractivity contribution is 5.95. The first-order valence-electron chi connectivity index (χ1n) is 10.4. The lowest BCUT2D eigenvalue weighted by molar-refractivity contribution is -0.132. The zero-order valence-corrected chi connectivity index (χ0v) is 16.9. The molecule has 2 amide bonds. The van der Waals surface area contributed by atoms with Gasteiger partial charge in [0, 0.05) is 56.2 Å². The van der Waals surface area contributed by atoms with E-state index in [-0.39, 0.29) is 17.9 Å². The molecule has 1 atom stereocenters. The maximum absolute atomic E-state index is 12.9. The molecule has 2 fully saturated rings. The molecule has 2 aliphatic heterocycles. The molecule has 0 aliphatic carbocycles. The van der Waals surface area contributed by atoms with Gasteiger partial charge in [-0.3, -0.25) is 9.59 Å². The van der Waals surface area contributed by atoms with E-state index in [1.165, 1.54) is 5.69 Å². The highest BCUT2D eigenvalue weighted by Gasteiger charge is 2.25. The first kappa shape index (κ1) is 19.3. The van der Waals surface area contributed by atoms with Crippen LogP contribution in [-0.4, -0.2) is 55.5 Å². The normalized spacial score (nSPS) is 18.1. The molecule has 152 valence electrons. The van der Waals surface area contributed by atoms with Gasteiger partial charge in [-0.2, -0.15) is 0 Å². The number of nitrogens with zero attached hydrogens (tertiary/aromatic N) is 3. The predicted octanol–water partition coefficient (Wildman–Crippen LogP) is 2.96. The minimum absolute atomic E-state index is 0.122. The number of carbonyl (C=O) groups excluding carboxylic acids is 2. The van der Waals surface area contributed by atoms with Gasteiger partial charge in [0.15, 0.2) is 0 Å². The van der Waals surface area contributed by atoms with Gasteiger partial charge in [-0.1, -0.05) is 18.2 Å². The molecule has 2 aliphatic rings. The van der Waals surface area contributed by atoms with Crippen LogP contribution < -0.4 is 15.1 Å². The monoisotopic (exact) mass is 392 g/mol. The average molecular weight is 393 g/mol. The van der Waals surface area contributed by atoms with E-state index >= 15 is 0 Å². The zero-order valence-electron chi connectivity index (χ0n) is 16.9. The lowest BCUT2D eigenvalue weighted by Crippen LogP contribution is -2.52. The van der Waals surface area contributed by atoms with E-state index in [9.17, 15) is 9.59 Å². The third kappa shape index (κ3) is 4.36. The largest absolute Gasteiger partial charge is 0.374 e. The zero-order chi connectivity index (χ0) is 20.2. The molecule has 0 spiro atoms. The van der Waals surface area contributed by atoms with E-state index in [1.807, 2.05) is 59.2 Å². The van der Waals surface area contributed by atoms with Crippen molar-refractivity contribution in [2.24, 2.45) is 0 Å². The van der Waals surface area contributed by atoms with Crippen molar-refractivity contribution in [2.45, 2.75) is 25.8 Å². The van der Waals surface area contributed by atoms with Crippen molar-refractivity contribution in [2.75, 3.05) is 47.8 Å². The molecular formula is C23H28N4O2. The van der Waals surface area contributed by atoms with Crippen LogP contribution >= 0.6 is 0 Å². The summed E-state index contributed by atoms with van der Waals surface area (Å²) in [6.07, 6.45) is 1.55. The van der Waals surface area contributed by atoms with Gasteiger partial charge >= 0.3 is 0 Å². The Balaban J connectivity index is 1.30. The Morgan fingerprint density at radius 2 is 1.59 bits per heavy atom. The predicted molar refractivity (Wildman–Crippen MR) is 116 cm³/mol. The van der Waals surface area contributed by atoms with Crippen molar-refractivity contribution < 1.29 is 9.59 Å². The molecule has 0 radical (unpaired) electrons. The van der Waals surface area contributed by atoms with Crippen LogP contribution in [0.1, 0.15) is 19.8 Å². The van der Waals surface area contributed by atoms with Crippen LogP contribution in [0.4, 0.5) is 17.1 Å². The fourth-order valence-corrected chi connectivity index (χ4v) is 4.07. The van der Waals surface area contributed by atoms with Gasteiger partial charge in [0.25, 0.3) is 0 Å². The Bertz CT molecular complexity index is 845. The van der Waals surface area contributed by atoms with Gasteiger partial charge in [0.2, 0.25) is 11.8 Å². The molecule has 2 aromatic carbocycles. The summed E-state index contributed by atoms with van der Waals surface area (Å²) in [5.74, 6) is 0.306. The molecule has 29 heavy (non-hydrogen) atoms. The smallest absolute Gasteiger partial charge is 0.244 e. The Morgan fingerprint density at radius 1 is 0.897 bits per heavy atom. The number of anilines is 3. The molecule has 2 aromatic rings. The summed E-state index contributed by atoms with van der Waals surface area (Å²) in [5.41, 5.74) is 3.03. The number of hydrogen-bond donors (Lipinski definition) is 1. The van der Waals surface area contributed by atoms with Gasteiger partial charge < -0.3 is 20.0 Å². The van der Waals surface area contributed by atoms with Gasteiger partial charge in [-0.15, -0.1) is 0 Å². The topological polar surface area (TPSA) is 55.9 Å². The van der Waals surface area contributed by atoms with Crippen LogP contribution in [0, 0.1) is 0 Å². The summed E-state index contributed by atoms with van der Waals surface area (Å²) >= 11 is 0. The van der Waals surface area contributed by atoms with Crippen molar-refractivity contribution in [3.63, 3.8) is 0 Å². The Labute approximate surface area is 172 Å². The van der Waals surface area contributed by atoms with Crippen molar-refractivity contribution in [1.29, 1.82) is 0 Å². The van der Waals surface area contributed by atoms with Crippen LogP contribution in [0.15, 0.2) is 54.6 Å². The van der Waals surface area contributed by atoms with Crippen LogP contribution in [0.2, 0.25) is 0 Å². The minimum atomic E-state index is -0.294. The van der Waals surface area contributed by atoms with Crippen molar-refractivity contribution in [1.82, 2.24) is 4.90 Å². The molecule has 0 aromatic heterocycles. The molecular weight excluding hydrogens is 364 g/mol. The van der Waals surface area contributed by atoms with Crippen LogP contribution in [0.5, 0.6) is 0 Å². The number of benzene rings is 2. The first-order chi connectivity index (χ1) is 14.1. The number of carbonyl (C=O) groups is 2. The van der Waals surface area contributed by atoms with Crippen molar-refractivity contribution in [3.8, 4) is 0 Å². The second-order valence-electron chi connectivity index (χ2n) is 7.71. The summed E-state index contributed by atoms with van der Waals surface area (Å²) < 4.78 is 0. The molecule has 4 rings (SSSR count). The summed E-state index contributed by atoms with van der Waals surface area (Å²) in [4.78, 5) is 30.8. The summed E-state index contributed by atoms with van der Waals surface area (Å²) in [7, 11) is 0. The first-order valence-corrected chi connectivity index (χ1v) is 10.4. The van der Waals surface area contributed by atoms with Crippen molar-refractivity contribution in [3.05, 3.63) is 54.6 Å². The SMILES string of the molecule is CC(Nc1ccc(N2CCCC2=O)cc1)C(=O)N1CCN(c2ccccc2)CC1. The Kier molecular flexibility index (Phi) is 5.69. The Morgan fingerprint density at radius 3 is 2.21 bits per heavy atom. The van der Waals surface area contributed by atoms with Crippen molar-refractivity contribution >= 4 is 28.9 Å². The maximum atomic E-state index is 12.9. The fourth-order valence-electron chi connectivity index (χ4n) is 4.07. The Hall–Kier alpha value is -3.02. The number of para-hydroxylation sites is 1. The van der Waals surface area contributed by atoms with E-state index in [2.05, 4.69) is 22.3 Å². The van der Waals surface area contributed by atoms with Crippen LogP contribution in [0.25, 0.3) is 0 Å². The third-order valence-corrected chi connectivity index (χ3v) is 5.72. The number of nitrogens with one attached hydrogen (secondary N) is 1.